The monoisotopic (exact) mass is 448 g/mol. The fraction of sp³-hybridized carbons (Fsp3) is 0.200. The van der Waals surface area contributed by atoms with Gasteiger partial charge < -0.3 is 9.57 Å². The van der Waals surface area contributed by atoms with Crippen LogP contribution in [-0.2, 0) is 16.2 Å². The van der Waals surface area contributed by atoms with Gasteiger partial charge >= 0.3 is 6.09 Å². The number of carbonyl (C=O) groups is 1. The first-order chi connectivity index (χ1) is 13.0. The van der Waals surface area contributed by atoms with E-state index in [1.54, 1.807) is 18.2 Å². The summed E-state index contributed by atoms with van der Waals surface area (Å²) in [6.45, 7) is 1.96. The van der Waals surface area contributed by atoms with Crippen LogP contribution in [0.1, 0.15) is 18.1 Å². The second-order valence-corrected chi connectivity index (χ2v) is 6.78. The second-order valence-electron chi connectivity index (χ2n) is 5.45. The zero-order valence-electron chi connectivity index (χ0n) is 14.9. The number of rotatable bonds is 6. The van der Waals surface area contributed by atoms with E-state index in [1.165, 1.54) is 12.0 Å². The minimum atomic E-state index is -0.578. The molecular weight excluding hydrogens is 432 g/mol. The van der Waals surface area contributed by atoms with Gasteiger partial charge in [-0.3, -0.25) is 4.90 Å². The highest BCUT2D eigenvalue weighted by atomic mass is 79.9. The van der Waals surface area contributed by atoms with E-state index < -0.39 is 6.09 Å². The number of halogens is 2. The van der Waals surface area contributed by atoms with Crippen molar-refractivity contribution in [1.29, 1.82) is 0 Å². The third kappa shape index (κ3) is 5.49. The van der Waals surface area contributed by atoms with Crippen LogP contribution in [-0.4, -0.2) is 25.5 Å². The first kappa shape index (κ1) is 20.8. The molecule has 1 amide bonds. The summed E-state index contributed by atoms with van der Waals surface area (Å²) in [5.41, 5.74) is 2.75. The number of hydrogen-bond acceptors (Lipinski definition) is 4. The first-order valence-corrected chi connectivity index (χ1v) is 9.13. The van der Waals surface area contributed by atoms with Crippen LogP contribution in [0.5, 0.6) is 0 Å². The molecule has 2 rings (SSSR count). The maximum Gasteiger partial charge on any atom is 0.414 e. The number of methoxy groups -OCH3 is 1. The predicted octanol–water partition coefficient (Wildman–Crippen LogP) is 5.25. The van der Waals surface area contributed by atoms with Crippen LogP contribution in [0.3, 0.4) is 0 Å². The van der Waals surface area contributed by atoms with Crippen molar-refractivity contribution in [2.75, 3.05) is 18.6 Å². The van der Waals surface area contributed by atoms with E-state index in [1.807, 2.05) is 31.2 Å². The highest BCUT2D eigenvalue weighted by molar-refractivity contribution is 9.10. The van der Waals surface area contributed by atoms with Crippen LogP contribution in [0.15, 0.2) is 52.1 Å². The molecule has 0 saturated heterocycles. The van der Waals surface area contributed by atoms with Gasteiger partial charge in [-0.15, -0.1) is 6.42 Å². The average Bonchev–Trinajstić information content (AvgIpc) is 2.67. The molecule has 0 heterocycles. The van der Waals surface area contributed by atoms with Crippen LogP contribution >= 0.6 is 27.5 Å². The summed E-state index contributed by atoms with van der Waals surface area (Å²) in [4.78, 5) is 18.9. The lowest BCUT2D eigenvalue weighted by molar-refractivity contribution is 0.130. The van der Waals surface area contributed by atoms with Crippen molar-refractivity contribution in [2.24, 2.45) is 5.16 Å². The molecule has 0 fully saturated rings. The predicted molar refractivity (Wildman–Crippen MR) is 111 cm³/mol. The maximum atomic E-state index is 12.1. The molecule has 0 aliphatic carbocycles. The number of nitrogens with zero attached hydrogens (tertiary/aromatic N) is 2. The molecule has 0 spiro atoms. The van der Waals surface area contributed by atoms with Crippen LogP contribution in [0.2, 0.25) is 5.02 Å². The molecule has 2 aromatic rings. The minimum absolute atomic E-state index is 0.0429. The van der Waals surface area contributed by atoms with Crippen LogP contribution < -0.4 is 4.90 Å². The van der Waals surface area contributed by atoms with E-state index in [0.29, 0.717) is 22.0 Å². The number of terminal acetylenes is 1. The zero-order valence-corrected chi connectivity index (χ0v) is 17.3. The Morgan fingerprint density at radius 3 is 2.63 bits per heavy atom. The van der Waals surface area contributed by atoms with Crippen molar-refractivity contribution in [2.45, 2.75) is 13.5 Å². The Kier molecular flexibility index (Phi) is 7.71. The molecule has 7 heteroatoms. The second kappa shape index (κ2) is 10.0. The number of oxime groups is 1. The SMILES string of the molecule is C#CCN(C(=O)OC)c1cccc(Cl)c1CON=C(C)c1ccc(Br)cc1. The van der Waals surface area contributed by atoms with Gasteiger partial charge in [0.25, 0.3) is 0 Å². The Labute approximate surface area is 172 Å². The smallest absolute Gasteiger partial charge is 0.414 e. The molecule has 0 saturated carbocycles. The van der Waals surface area contributed by atoms with Crippen LogP contribution in [0.4, 0.5) is 10.5 Å². The van der Waals surface area contributed by atoms with E-state index in [9.17, 15) is 4.79 Å². The molecule has 0 aliphatic heterocycles. The number of carbonyl (C=O) groups excluding carboxylic acids is 1. The van der Waals surface area contributed by atoms with Gasteiger partial charge in [-0.25, -0.2) is 4.79 Å². The van der Waals surface area contributed by atoms with Crippen molar-refractivity contribution >= 4 is 45.0 Å². The zero-order chi connectivity index (χ0) is 19.8. The van der Waals surface area contributed by atoms with Gasteiger partial charge in [0.05, 0.1) is 25.1 Å². The van der Waals surface area contributed by atoms with Crippen molar-refractivity contribution in [1.82, 2.24) is 0 Å². The molecule has 140 valence electrons. The average molecular weight is 450 g/mol. The fourth-order valence-corrected chi connectivity index (χ4v) is 2.82. The first-order valence-electron chi connectivity index (χ1n) is 7.96. The Hall–Kier alpha value is -2.49. The third-order valence-electron chi connectivity index (χ3n) is 3.70. The maximum absolute atomic E-state index is 12.1. The minimum Gasteiger partial charge on any atom is -0.452 e. The van der Waals surface area contributed by atoms with Gasteiger partial charge in [-0.1, -0.05) is 56.8 Å². The van der Waals surface area contributed by atoms with E-state index in [0.717, 1.165) is 10.0 Å². The van der Waals surface area contributed by atoms with Gasteiger partial charge in [-0.05, 0) is 36.8 Å². The van der Waals surface area contributed by atoms with Gasteiger partial charge in [-0.2, -0.15) is 0 Å². The molecule has 0 N–H and O–H groups in total. The van der Waals surface area contributed by atoms with Gasteiger partial charge in [0.15, 0.2) is 0 Å². The van der Waals surface area contributed by atoms with Crippen molar-refractivity contribution in [3.8, 4) is 12.3 Å². The van der Waals surface area contributed by atoms with Crippen molar-refractivity contribution < 1.29 is 14.4 Å². The number of hydrogen-bond donors (Lipinski definition) is 0. The topological polar surface area (TPSA) is 51.1 Å². The van der Waals surface area contributed by atoms with E-state index in [4.69, 9.17) is 27.6 Å². The lowest BCUT2D eigenvalue weighted by atomic mass is 10.1. The lowest BCUT2D eigenvalue weighted by Crippen LogP contribution is -2.32. The molecule has 0 aliphatic rings. The summed E-state index contributed by atoms with van der Waals surface area (Å²) >= 11 is 9.70. The number of amides is 1. The number of ether oxygens (including phenoxy) is 1. The largest absolute Gasteiger partial charge is 0.452 e. The van der Waals surface area contributed by atoms with E-state index >= 15 is 0 Å². The van der Waals surface area contributed by atoms with E-state index in [-0.39, 0.29) is 13.2 Å². The van der Waals surface area contributed by atoms with Gasteiger partial charge in [0, 0.05) is 15.1 Å². The van der Waals surface area contributed by atoms with Crippen molar-refractivity contribution in [3.05, 3.63) is 63.1 Å². The molecule has 5 nitrogen and oxygen atoms in total. The molecule has 0 unspecified atom stereocenters. The summed E-state index contributed by atoms with van der Waals surface area (Å²) in [5.74, 6) is 2.44. The summed E-state index contributed by atoms with van der Waals surface area (Å²) in [5, 5.41) is 4.58. The van der Waals surface area contributed by atoms with Crippen LogP contribution in [0.25, 0.3) is 0 Å². The van der Waals surface area contributed by atoms with Crippen molar-refractivity contribution in [3.63, 3.8) is 0 Å². The fourth-order valence-electron chi connectivity index (χ4n) is 2.33. The molecular formula is C20H18BrClN2O3. The van der Waals surface area contributed by atoms with Crippen LogP contribution in [0, 0.1) is 12.3 Å². The molecule has 0 atom stereocenters. The third-order valence-corrected chi connectivity index (χ3v) is 4.58. The quantitative estimate of drug-likeness (QED) is 0.344. The Bertz CT molecular complexity index is 876. The highest BCUT2D eigenvalue weighted by Gasteiger charge is 2.20. The summed E-state index contributed by atoms with van der Waals surface area (Å²) in [6.07, 6.45) is 4.80. The Morgan fingerprint density at radius 1 is 1.30 bits per heavy atom. The molecule has 0 bridgehead atoms. The summed E-state index contributed by atoms with van der Waals surface area (Å²) in [6, 6.07) is 12.9. The molecule has 2 aromatic carbocycles. The lowest BCUT2D eigenvalue weighted by Gasteiger charge is -2.22. The highest BCUT2D eigenvalue weighted by Crippen LogP contribution is 2.29. The van der Waals surface area contributed by atoms with Gasteiger partial charge in [0.1, 0.15) is 6.61 Å². The molecule has 0 aromatic heterocycles. The number of benzene rings is 2. The Morgan fingerprint density at radius 2 is 2.00 bits per heavy atom. The molecule has 27 heavy (non-hydrogen) atoms. The Balaban J connectivity index is 2.23. The normalized spacial score (nSPS) is 10.9. The van der Waals surface area contributed by atoms with Gasteiger partial charge in [0.2, 0.25) is 0 Å². The summed E-state index contributed by atoms with van der Waals surface area (Å²) in [7, 11) is 1.29. The number of anilines is 1. The standard InChI is InChI=1S/C20H18BrClN2O3/c1-4-12-24(20(25)26-3)19-7-5-6-18(22)17(19)13-27-23-14(2)15-8-10-16(21)11-9-15/h1,5-11H,12-13H2,2-3H3. The van der Waals surface area contributed by atoms with E-state index in [2.05, 4.69) is 27.0 Å². The summed E-state index contributed by atoms with van der Waals surface area (Å²) < 4.78 is 5.78. The molecule has 0 radical (unpaired) electrons.